The summed E-state index contributed by atoms with van der Waals surface area (Å²) in [5.41, 5.74) is 0. The largest absolute Gasteiger partial charge is 0.351 e. The molecule has 0 aromatic carbocycles. The lowest BCUT2D eigenvalue weighted by Crippen LogP contribution is -2.16. The molecule has 0 spiro atoms. The molecule has 1 aromatic rings. The molecule has 1 N–H and O–H groups in total. The molecule has 3 nitrogen and oxygen atoms in total. The molecule has 1 fully saturated rings. The Morgan fingerprint density at radius 3 is 2.46 bits per heavy atom. The first-order valence-corrected chi connectivity index (χ1v) is 4.59. The van der Waals surface area contributed by atoms with Gasteiger partial charge in [0.25, 0.3) is 0 Å². The molecular formula is C9H12FN3. The van der Waals surface area contributed by atoms with E-state index in [0.29, 0.717) is 12.0 Å². The fourth-order valence-corrected chi connectivity index (χ4v) is 1.64. The fraction of sp³-hybridized carbons (Fsp3) is 0.556. The normalized spacial score (nSPS) is 17.6. The van der Waals surface area contributed by atoms with Crippen LogP contribution in [0.4, 0.5) is 10.3 Å². The quantitative estimate of drug-likeness (QED) is 0.758. The van der Waals surface area contributed by atoms with Crippen molar-refractivity contribution in [1.82, 2.24) is 9.97 Å². The standard InChI is InChI=1S/C9H12FN3/c10-7-5-11-9(12-6-7)13-8-3-1-2-4-8/h5-6,8H,1-4H2,(H,11,12,13). The molecule has 0 amide bonds. The summed E-state index contributed by atoms with van der Waals surface area (Å²) in [6, 6.07) is 0.477. The van der Waals surface area contributed by atoms with Gasteiger partial charge in [0.2, 0.25) is 5.95 Å². The van der Waals surface area contributed by atoms with E-state index in [9.17, 15) is 4.39 Å². The first-order valence-electron chi connectivity index (χ1n) is 4.59. The second kappa shape index (κ2) is 3.68. The Labute approximate surface area is 76.4 Å². The van der Waals surface area contributed by atoms with E-state index in [1.54, 1.807) is 0 Å². The molecule has 1 aliphatic rings. The van der Waals surface area contributed by atoms with Gasteiger partial charge in [0.15, 0.2) is 5.82 Å². The van der Waals surface area contributed by atoms with Crippen molar-refractivity contribution >= 4 is 5.95 Å². The summed E-state index contributed by atoms with van der Waals surface area (Å²) < 4.78 is 12.4. The highest BCUT2D eigenvalue weighted by atomic mass is 19.1. The van der Waals surface area contributed by atoms with Crippen molar-refractivity contribution < 1.29 is 4.39 Å². The maximum Gasteiger partial charge on any atom is 0.222 e. The van der Waals surface area contributed by atoms with Gasteiger partial charge in [-0.05, 0) is 12.8 Å². The molecule has 13 heavy (non-hydrogen) atoms. The van der Waals surface area contributed by atoms with Gasteiger partial charge in [0.05, 0.1) is 12.4 Å². The highest BCUT2D eigenvalue weighted by molar-refractivity contribution is 5.24. The molecule has 2 rings (SSSR count). The summed E-state index contributed by atoms with van der Waals surface area (Å²) in [4.78, 5) is 7.69. The van der Waals surface area contributed by atoms with E-state index >= 15 is 0 Å². The summed E-state index contributed by atoms with van der Waals surface area (Å²) in [6.45, 7) is 0. The van der Waals surface area contributed by atoms with Crippen molar-refractivity contribution in [3.05, 3.63) is 18.2 Å². The minimum absolute atomic E-state index is 0.392. The third-order valence-electron chi connectivity index (χ3n) is 2.31. The van der Waals surface area contributed by atoms with Crippen LogP contribution in [0.25, 0.3) is 0 Å². The fourth-order valence-electron chi connectivity index (χ4n) is 1.64. The Bertz CT molecular complexity index is 267. The van der Waals surface area contributed by atoms with Gasteiger partial charge in [0, 0.05) is 6.04 Å². The zero-order chi connectivity index (χ0) is 9.10. The van der Waals surface area contributed by atoms with Crippen LogP contribution in [0.2, 0.25) is 0 Å². The van der Waals surface area contributed by atoms with Gasteiger partial charge in [0.1, 0.15) is 0 Å². The molecule has 0 atom stereocenters. The molecule has 0 radical (unpaired) electrons. The van der Waals surface area contributed by atoms with Gasteiger partial charge in [-0.15, -0.1) is 0 Å². The highest BCUT2D eigenvalue weighted by Gasteiger charge is 2.15. The second-order valence-electron chi connectivity index (χ2n) is 3.35. The molecule has 0 unspecified atom stereocenters. The van der Waals surface area contributed by atoms with Crippen LogP contribution in [0.15, 0.2) is 12.4 Å². The average molecular weight is 181 g/mol. The van der Waals surface area contributed by atoms with Gasteiger partial charge >= 0.3 is 0 Å². The van der Waals surface area contributed by atoms with E-state index in [0.717, 1.165) is 0 Å². The van der Waals surface area contributed by atoms with Gasteiger partial charge in [-0.3, -0.25) is 0 Å². The summed E-state index contributed by atoms with van der Waals surface area (Å²) >= 11 is 0. The molecule has 1 saturated carbocycles. The summed E-state index contributed by atoms with van der Waals surface area (Å²) in [6.07, 6.45) is 7.23. The minimum atomic E-state index is -0.392. The smallest absolute Gasteiger partial charge is 0.222 e. The van der Waals surface area contributed by atoms with Crippen molar-refractivity contribution in [2.24, 2.45) is 0 Å². The van der Waals surface area contributed by atoms with Crippen LogP contribution in [-0.4, -0.2) is 16.0 Å². The number of anilines is 1. The first kappa shape index (κ1) is 8.41. The van der Waals surface area contributed by atoms with E-state index in [-0.39, 0.29) is 0 Å². The maximum absolute atomic E-state index is 12.4. The van der Waals surface area contributed by atoms with E-state index in [1.165, 1.54) is 38.1 Å². The van der Waals surface area contributed by atoms with E-state index in [4.69, 9.17) is 0 Å². The molecule has 0 bridgehead atoms. The lowest BCUT2D eigenvalue weighted by molar-refractivity contribution is 0.612. The lowest BCUT2D eigenvalue weighted by Gasteiger charge is -2.10. The Morgan fingerprint density at radius 1 is 1.23 bits per heavy atom. The third-order valence-corrected chi connectivity index (χ3v) is 2.31. The van der Waals surface area contributed by atoms with Crippen LogP contribution in [0.5, 0.6) is 0 Å². The van der Waals surface area contributed by atoms with E-state index in [2.05, 4.69) is 15.3 Å². The van der Waals surface area contributed by atoms with Crippen LogP contribution in [-0.2, 0) is 0 Å². The monoisotopic (exact) mass is 181 g/mol. The second-order valence-corrected chi connectivity index (χ2v) is 3.35. The lowest BCUT2D eigenvalue weighted by atomic mass is 10.3. The summed E-state index contributed by atoms with van der Waals surface area (Å²) in [5.74, 6) is 0.144. The number of hydrogen-bond acceptors (Lipinski definition) is 3. The van der Waals surface area contributed by atoms with Crippen LogP contribution < -0.4 is 5.32 Å². The van der Waals surface area contributed by atoms with Crippen LogP contribution in [0.1, 0.15) is 25.7 Å². The SMILES string of the molecule is Fc1cnc(NC2CCCC2)nc1. The zero-order valence-corrected chi connectivity index (χ0v) is 7.33. The first-order chi connectivity index (χ1) is 6.34. The highest BCUT2D eigenvalue weighted by Crippen LogP contribution is 2.20. The third kappa shape index (κ3) is 2.14. The Morgan fingerprint density at radius 2 is 1.85 bits per heavy atom. The predicted molar refractivity (Wildman–Crippen MR) is 47.9 cm³/mol. The molecule has 4 heteroatoms. The topological polar surface area (TPSA) is 37.8 Å². The van der Waals surface area contributed by atoms with Crippen molar-refractivity contribution in [3.8, 4) is 0 Å². The Hall–Kier alpha value is -1.19. The maximum atomic E-state index is 12.4. The molecular weight excluding hydrogens is 169 g/mol. The molecule has 1 heterocycles. The Balaban J connectivity index is 1.97. The number of nitrogens with one attached hydrogen (secondary N) is 1. The van der Waals surface area contributed by atoms with Crippen molar-refractivity contribution in [3.63, 3.8) is 0 Å². The van der Waals surface area contributed by atoms with Gasteiger partial charge < -0.3 is 5.32 Å². The average Bonchev–Trinajstić information content (AvgIpc) is 2.62. The van der Waals surface area contributed by atoms with E-state index in [1.807, 2.05) is 0 Å². The summed E-state index contributed by atoms with van der Waals surface area (Å²) in [5, 5.41) is 3.18. The van der Waals surface area contributed by atoms with Crippen molar-refractivity contribution in [2.45, 2.75) is 31.7 Å². The molecule has 0 aliphatic heterocycles. The number of nitrogens with zero attached hydrogens (tertiary/aromatic N) is 2. The number of hydrogen-bond donors (Lipinski definition) is 1. The van der Waals surface area contributed by atoms with Gasteiger partial charge in [-0.25, -0.2) is 14.4 Å². The number of rotatable bonds is 2. The van der Waals surface area contributed by atoms with Crippen LogP contribution in [0, 0.1) is 5.82 Å². The summed E-state index contributed by atoms with van der Waals surface area (Å²) in [7, 11) is 0. The number of aromatic nitrogens is 2. The molecule has 0 saturated heterocycles. The molecule has 70 valence electrons. The van der Waals surface area contributed by atoms with Gasteiger partial charge in [-0.1, -0.05) is 12.8 Å². The van der Waals surface area contributed by atoms with Crippen molar-refractivity contribution in [2.75, 3.05) is 5.32 Å². The van der Waals surface area contributed by atoms with Crippen LogP contribution in [0.3, 0.4) is 0 Å². The molecule has 1 aromatic heterocycles. The van der Waals surface area contributed by atoms with Gasteiger partial charge in [-0.2, -0.15) is 0 Å². The van der Waals surface area contributed by atoms with Crippen molar-refractivity contribution in [1.29, 1.82) is 0 Å². The minimum Gasteiger partial charge on any atom is -0.351 e. The molecule has 1 aliphatic carbocycles. The predicted octanol–water partition coefficient (Wildman–Crippen LogP) is 1.97. The van der Waals surface area contributed by atoms with Crippen LogP contribution >= 0.6 is 0 Å². The zero-order valence-electron chi connectivity index (χ0n) is 7.33. The Kier molecular flexibility index (Phi) is 2.38. The number of halogens is 1. The van der Waals surface area contributed by atoms with E-state index < -0.39 is 5.82 Å².